The molecule has 2 aliphatic rings. The number of carboxylic acids is 1. The van der Waals surface area contributed by atoms with Crippen LogP contribution in [0.4, 0.5) is 0 Å². The third-order valence-corrected chi connectivity index (χ3v) is 6.70. The zero-order valence-electron chi connectivity index (χ0n) is 17.8. The van der Waals surface area contributed by atoms with Gasteiger partial charge in [-0.1, -0.05) is 0 Å². The Balaban J connectivity index is 1.90. The van der Waals surface area contributed by atoms with E-state index >= 15 is 0 Å². The van der Waals surface area contributed by atoms with Crippen molar-refractivity contribution in [2.75, 3.05) is 20.3 Å². The van der Waals surface area contributed by atoms with E-state index in [4.69, 9.17) is 9.47 Å². The van der Waals surface area contributed by atoms with E-state index in [2.05, 4.69) is 0 Å². The molecule has 1 unspecified atom stereocenters. The lowest BCUT2D eigenvalue weighted by Gasteiger charge is -2.22. The van der Waals surface area contributed by atoms with Crippen LogP contribution in [0.15, 0.2) is 27.9 Å². The van der Waals surface area contributed by atoms with Crippen molar-refractivity contribution in [2.45, 2.75) is 50.1 Å². The third-order valence-electron chi connectivity index (χ3n) is 5.66. The molecule has 8 nitrogen and oxygen atoms in total. The number of fused-ring (bicyclic) bond motifs is 3. The van der Waals surface area contributed by atoms with Crippen molar-refractivity contribution in [3.05, 3.63) is 45.2 Å². The highest BCUT2D eigenvalue weighted by Gasteiger charge is 2.36. The van der Waals surface area contributed by atoms with Gasteiger partial charge in [0, 0.05) is 36.6 Å². The number of rotatable bonds is 7. The number of hydrogen-bond donors (Lipinski definition) is 2. The Labute approximate surface area is 184 Å². The molecule has 1 aliphatic heterocycles. The second kappa shape index (κ2) is 8.66. The molecule has 2 N–H and O–H groups in total. The van der Waals surface area contributed by atoms with Crippen molar-refractivity contribution in [3.63, 3.8) is 0 Å². The molecule has 4 rings (SSSR count). The van der Waals surface area contributed by atoms with Gasteiger partial charge in [0.15, 0.2) is 0 Å². The summed E-state index contributed by atoms with van der Waals surface area (Å²) in [5, 5.41) is 20.3. The largest absolute Gasteiger partial charge is 0.493 e. The number of nitrogens with zero attached hydrogens (tertiary/aromatic N) is 2. The fraction of sp³-hybridized carbons (Fsp3) is 0.455. The van der Waals surface area contributed by atoms with Crippen LogP contribution in [0.3, 0.4) is 0 Å². The maximum absolute atomic E-state index is 13.1. The van der Waals surface area contributed by atoms with Gasteiger partial charge in [0.05, 0.1) is 18.3 Å². The van der Waals surface area contributed by atoms with Crippen molar-refractivity contribution in [2.24, 2.45) is 0 Å². The number of aromatic nitrogens is 1. The Morgan fingerprint density at radius 2 is 2.00 bits per heavy atom. The van der Waals surface area contributed by atoms with E-state index in [0.717, 1.165) is 51.7 Å². The van der Waals surface area contributed by atoms with Crippen LogP contribution in [0.25, 0.3) is 11.3 Å². The van der Waals surface area contributed by atoms with Crippen molar-refractivity contribution in [1.29, 1.82) is 0 Å². The topological polar surface area (TPSA) is 101 Å². The molecule has 31 heavy (non-hydrogen) atoms. The molecule has 2 heterocycles. The minimum atomic E-state index is -1.26. The Hall–Kier alpha value is -2.33. The first-order valence-corrected chi connectivity index (χ1v) is 11.1. The molecular formula is C22H26N2O6S. The normalized spacial score (nSPS) is 18.3. The molecule has 1 aromatic heterocycles. The lowest BCUT2D eigenvalue weighted by Crippen LogP contribution is -2.29. The van der Waals surface area contributed by atoms with Crippen LogP contribution in [-0.4, -0.2) is 45.6 Å². The van der Waals surface area contributed by atoms with Gasteiger partial charge >= 0.3 is 5.97 Å². The van der Waals surface area contributed by atoms with Crippen LogP contribution in [0.2, 0.25) is 0 Å². The number of benzene rings is 1. The van der Waals surface area contributed by atoms with E-state index in [0.29, 0.717) is 30.2 Å². The van der Waals surface area contributed by atoms with Crippen LogP contribution in [-0.2, 0) is 4.74 Å². The highest BCUT2D eigenvalue weighted by Crippen LogP contribution is 2.48. The molecule has 2 aromatic rings. The molecule has 0 saturated heterocycles. The van der Waals surface area contributed by atoms with E-state index < -0.39 is 17.6 Å². The van der Waals surface area contributed by atoms with Gasteiger partial charge in [-0.25, -0.2) is 4.79 Å². The number of pyridine rings is 1. The Bertz CT molecular complexity index is 1080. The molecular weight excluding hydrogens is 420 g/mol. The Kier molecular flexibility index (Phi) is 6.11. The van der Waals surface area contributed by atoms with Gasteiger partial charge in [0.25, 0.3) is 5.56 Å². The summed E-state index contributed by atoms with van der Waals surface area (Å²) in [6.07, 6.45) is 2.41. The lowest BCUT2D eigenvalue weighted by atomic mass is 9.97. The third kappa shape index (κ3) is 4.10. The van der Waals surface area contributed by atoms with Crippen LogP contribution >= 0.6 is 11.9 Å². The molecule has 1 saturated carbocycles. The predicted octanol–water partition coefficient (Wildman–Crippen LogP) is 4.05. The summed E-state index contributed by atoms with van der Waals surface area (Å²) < 4.78 is 13.7. The molecule has 166 valence electrons. The van der Waals surface area contributed by atoms with Crippen molar-refractivity contribution < 1.29 is 24.6 Å². The highest BCUT2D eigenvalue weighted by molar-refractivity contribution is 7.97. The van der Waals surface area contributed by atoms with Crippen molar-refractivity contribution in [3.8, 4) is 17.0 Å². The van der Waals surface area contributed by atoms with Crippen LogP contribution in [0.1, 0.15) is 59.8 Å². The van der Waals surface area contributed by atoms with E-state index in [1.807, 2.05) is 19.1 Å². The first kappa shape index (κ1) is 21.9. The number of hydroxylamine groups is 1. The van der Waals surface area contributed by atoms with Gasteiger partial charge in [-0.15, -0.1) is 4.47 Å². The number of aromatic carboxylic acids is 1. The maximum atomic E-state index is 13.1. The molecule has 1 aromatic carbocycles. The highest BCUT2D eigenvalue weighted by atomic mass is 32.2. The average molecular weight is 447 g/mol. The molecule has 9 heteroatoms. The summed E-state index contributed by atoms with van der Waals surface area (Å²) in [7, 11) is 1.65. The summed E-state index contributed by atoms with van der Waals surface area (Å²) >= 11 is 1.15. The summed E-state index contributed by atoms with van der Waals surface area (Å²) in [5.74, 6) is -0.554. The van der Waals surface area contributed by atoms with E-state index in [1.165, 1.54) is 6.07 Å². The molecule has 0 spiro atoms. The van der Waals surface area contributed by atoms with Crippen molar-refractivity contribution in [1.82, 2.24) is 9.04 Å². The minimum absolute atomic E-state index is 0.0267. The first-order chi connectivity index (χ1) is 14.8. The first-order valence-electron chi connectivity index (χ1n) is 10.3. The second-order valence-corrected chi connectivity index (χ2v) is 8.95. The van der Waals surface area contributed by atoms with E-state index in [-0.39, 0.29) is 11.6 Å². The summed E-state index contributed by atoms with van der Waals surface area (Å²) in [6, 6.07) is 4.70. The van der Waals surface area contributed by atoms with Crippen LogP contribution < -0.4 is 10.3 Å². The smallest absolute Gasteiger partial charge is 0.341 e. The molecule has 0 amide bonds. The van der Waals surface area contributed by atoms with E-state index in [1.54, 1.807) is 18.6 Å². The lowest BCUT2D eigenvalue weighted by molar-refractivity contribution is -0.0178. The number of hydrogen-bond acceptors (Lipinski definition) is 7. The second-order valence-electron chi connectivity index (χ2n) is 7.95. The summed E-state index contributed by atoms with van der Waals surface area (Å²) in [4.78, 5) is 25.6. The number of carbonyl (C=O) groups is 1. The number of aryl methyl sites for hydroxylation is 1. The summed E-state index contributed by atoms with van der Waals surface area (Å²) in [6.45, 7) is 4.84. The molecule has 1 fully saturated rings. The van der Waals surface area contributed by atoms with Gasteiger partial charge in [-0.3, -0.25) is 4.79 Å². The van der Waals surface area contributed by atoms with Gasteiger partial charge in [-0.2, -0.15) is 0 Å². The number of ether oxygens (including phenoxy) is 2. The summed E-state index contributed by atoms with van der Waals surface area (Å²) in [5.41, 5.74) is 2.23. The number of methoxy groups -OCH3 is 1. The monoisotopic (exact) mass is 446 g/mol. The fourth-order valence-corrected chi connectivity index (χ4v) is 4.75. The minimum Gasteiger partial charge on any atom is -0.493 e. The number of carboxylic acid groups (broad SMARTS) is 1. The van der Waals surface area contributed by atoms with Gasteiger partial charge < -0.3 is 24.4 Å². The van der Waals surface area contributed by atoms with Gasteiger partial charge in [0.1, 0.15) is 11.3 Å². The van der Waals surface area contributed by atoms with Crippen LogP contribution in [0, 0.1) is 6.92 Å². The van der Waals surface area contributed by atoms with Gasteiger partial charge in [0.2, 0.25) is 0 Å². The van der Waals surface area contributed by atoms with Crippen LogP contribution in [0.5, 0.6) is 5.75 Å². The SMILES string of the molecule is COCCCOc1cc2c(cc1C)-c1c(cc(C(=O)O)c(=O)n1C1CC1)C(C)N(O)S2. The zero-order chi connectivity index (χ0) is 22.3. The fourth-order valence-electron chi connectivity index (χ4n) is 3.86. The quantitative estimate of drug-likeness (QED) is 0.485. The zero-order valence-corrected chi connectivity index (χ0v) is 18.6. The Morgan fingerprint density at radius 1 is 1.26 bits per heavy atom. The van der Waals surface area contributed by atoms with Gasteiger partial charge in [-0.05, 0) is 68.0 Å². The Morgan fingerprint density at radius 3 is 2.65 bits per heavy atom. The molecule has 0 radical (unpaired) electrons. The molecule has 1 aliphatic carbocycles. The predicted molar refractivity (Wildman–Crippen MR) is 116 cm³/mol. The van der Waals surface area contributed by atoms with Crippen molar-refractivity contribution >= 4 is 17.9 Å². The molecule has 0 bridgehead atoms. The standard InChI is InChI=1S/C22H26N2O6S/c1-12-9-16-19(11-18(12)30-8-4-7-29-3)31-24(28)13(2)15-10-17(22(26)27)21(25)23(20(15)16)14-5-6-14/h9-11,13-14,28H,4-8H2,1-3H3,(H,26,27). The van der Waals surface area contributed by atoms with E-state index in [9.17, 15) is 19.9 Å². The maximum Gasteiger partial charge on any atom is 0.341 e. The molecule has 1 atom stereocenters. The average Bonchev–Trinajstić information content (AvgIpc) is 3.56.